The number of ether oxygens (including phenoxy) is 2. The van der Waals surface area contributed by atoms with Crippen LogP contribution in [0, 0.1) is 10.1 Å². The highest BCUT2D eigenvalue weighted by molar-refractivity contribution is 5.65. The molecule has 8 nitrogen and oxygen atoms in total. The number of nitro groups is 1. The van der Waals surface area contributed by atoms with Gasteiger partial charge in [0.25, 0.3) is 5.69 Å². The monoisotopic (exact) mass is 224 g/mol. The molecule has 0 N–H and O–H groups in total. The fourth-order valence-electron chi connectivity index (χ4n) is 1.13. The van der Waals surface area contributed by atoms with E-state index >= 15 is 0 Å². The molecule has 1 aromatic carbocycles. The van der Waals surface area contributed by atoms with E-state index in [1.165, 1.54) is 20.3 Å². The molecule has 8 heteroatoms. The van der Waals surface area contributed by atoms with Crippen LogP contribution in [0.2, 0.25) is 0 Å². The van der Waals surface area contributed by atoms with E-state index in [2.05, 4.69) is 10.0 Å². The van der Waals surface area contributed by atoms with Crippen molar-refractivity contribution in [2.75, 3.05) is 14.2 Å². The van der Waals surface area contributed by atoms with Crippen molar-refractivity contribution in [3.8, 4) is 11.5 Å². The smallest absolute Gasteiger partial charge is 0.282 e. The highest BCUT2D eigenvalue weighted by Gasteiger charge is 2.18. The van der Waals surface area contributed by atoms with Crippen LogP contribution in [-0.2, 0) is 0 Å². The van der Waals surface area contributed by atoms with Crippen molar-refractivity contribution in [2.45, 2.75) is 0 Å². The van der Waals surface area contributed by atoms with Gasteiger partial charge in [-0.2, -0.15) is 0 Å². The highest BCUT2D eigenvalue weighted by atomic mass is 16.6. The van der Waals surface area contributed by atoms with E-state index in [0.29, 0.717) is 0 Å². The largest absolute Gasteiger partial charge is 0.493 e. The summed E-state index contributed by atoms with van der Waals surface area (Å²) < 4.78 is 9.82. The molecule has 0 aliphatic heterocycles. The number of methoxy groups -OCH3 is 2. The summed E-state index contributed by atoms with van der Waals surface area (Å²) in [6, 6.07) is 2.39. The van der Waals surface area contributed by atoms with Gasteiger partial charge in [-0.25, -0.2) is 0 Å². The van der Waals surface area contributed by atoms with Gasteiger partial charge in [-0.3, -0.25) is 10.1 Å². The summed E-state index contributed by atoms with van der Waals surface area (Å²) in [6.45, 7) is 0. The van der Waals surface area contributed by atoms with Crippen molar-refractivity contribution in [1.29, 1.82) is 0 Å². The Hall–Kier alpha value is -2.47. The van der Waals surface area contributed by atoms with Crippen molar-refractivity contribution in [3.63, 3.8) is 0 Å². The van der Waals surface area contributed by atoms with Gasteiger partial charge in [0.1, 0.15) is 5.69 Å². The Bertz CT molecular complexity index is 438. The zero-order valence-corrected chi connectivity index (χ0v) is 8.58. The summed E-state index contributed by atoms with van der Waals surface area (Å²) in [5.74, 6) is 0.460. The summed E-state index contributed by atoms with van der Waals surface area (Å²) in [5, 5.41) is 13.9. The van der Waals surface area contributed by atoms with Crippen LogP contribution >= 0.6 is 0 Å². The van der Waals surface area contributed by atoms with Crippen LogP contribution < -0.4 is 9.47 Å². The Morgan fingerprint density at radius 1 is 1.38 bits per heavy atom. The van der Waals surface area contributed by atoms with E-state index in [1.807, 2.05) is 0 Å². The molecule has 0 aromatic heterocycles. The maximum atomic E-state index is 10.7. The first-order chi connectivity index (χ1) is 7.63. The molecule has 0 spiro atoms. The number of nitro benzene ring substituents is 1. The number of hydrogen-bond donors (Lipinski definition) is 0. The van der Waals surface area contributed by atoms with Crippen LogP contribution in [0.15, 0.2) is 17.2 Å². The second-order valence-electron chi connectivity index (χ2n) is 2.64. The van der Waals surface area contributed by atoms with Gasteiger partial charge in [0.05, 0.1) is 25.2 Å². The predicted octanol–water partition coefficient (Wildman–Crippen LogP) is 2.55. The van der Waals surface area contributed by atoms with Gasteiger partial charge < -0.3 is 9.47 Å². The van der Waals surface area contributed by atoms with E-state index in [1.54, 1.807) is 0 Å². The van der Waals surface area contributed by atoms with Gasteiger partial charge in [0.15, 0.2) is 11.5 Å². The summed E-state index contributed by atoms with van der Waals surface area (Å²) in [5.41, 5.74) is 7.82. The minimum Gasteiger partial charge on any atom is -0.493 e. The lowest BCUT2D eigenvalue weighted by Crippen LogP contribution is -1.94. The first kappa shape index (κ1) is 11.6. The second kappa shape index (κ2) is 4.85. The molecule has 0 saturated heterocycles. The van der Waals surface area contributed by atoms with Crippen molar-refractivity contribution in [1.82, 2.24) is 0 Å². The first-order valence-corrected chi connectivity index (χ1v) is 4.09. The fraction of sp³-hybridized carbons (Fsp3) is 0.250. The first-order valence-electron chi connectivity index (χ1n) is 4.09. The summed E-state index contributed by atoms with van der Waals surface area (Å²) in [7, 11) is 2.73. The molecule has 0 bridgehead atoms. The van der Waals surface area contributed by atoms with Crippen LogP contribution in [0.1, 0.15) is 0 Å². The molecule has 1 aromatic rings. The molecule has 0 radical (unpaired) electrons. The van der Waals surface area contributed by atoms with Gasteiger partial charge in [-0.05, 0) is 5.53 Å². The van der Waals surface area contributed by atoms with Crippen LogP contribution in [0.4, 0.5) is 11.4 Å². The Kier molecular flexibility index (Phi) is 3.52. The molecule has 0 saturated carbocycles. The van der Waals surface area contributed by atoms with Gasteiger partial charge in [0.2, 0.25) is 0 Å². The van der Waals surface area contributed by atoms with Crippen LogP contribution in [0.3, 0.4) is 0 Å². The SMILES string of the molecule is COc1cc(N=[N+]=[N-])c([N+](=O)[O-])cc1OC. The maximum absolute atomic E-state index is 10.7. The predicted molar refractivity (Wildman–Crippen MR) is 55.0 cm³/mol. The molecule has 84 valence electrons. The quantitative estimate of drug-likeness (QED) is 0.257. The lowest BCUT2D eigenvalue weighted by Gasteiger charge is -2.07. The van der Waals surface area contributed by atoms with E-state index < -0.39 is 4.92 Å². The summed E-state index contributed by atoms with van der Waals surface area (Å²) in [6.07, 6.45) is 0. The van der Waals surface area contributed by atoms with Crippen LogP contribution in [-0.4, -0.2) is 19.1 Å². The minimum absolute atomic E-state index is 0.120. The normalized spacial score (nSPS) is 9.12. The number of azide groups is 1. The molecule has 16 heavy (non-hydrogen) atoms. The Morgan fingerprint density at radius 2 is 1.94 bits per heavy atom. The fourth-order valence-corrected chi connectivity index (χ4v) is 1.13. The molecule has 0 aliphatic rings. The maximum Gasteiger partial charge on any atom is 0.282 e. The van der Waals surface area contributed by atoms with E-state index in [-0.39, 0.29) is 22.9 Å². The molecule has 0 aliphatic carbocycles. The van der Waals surface area contributed by atoms with Gasteiger partial charge in [0, 0.05) is 11.0 Å². The van der Waals surface area contributed by atoms with Gasteiger partial charge >= 0.3 is 0 Å². The Labute approximate surface area is 90.2 Å². The van der Waals surface area contributed by atoms with E-state index in [4.69, 9.17) is 15.0 Å². The molecule has 0 amide bonds. The van der Waals surface area contributed by atoms with Crippen molar-refractivity contribution in [2.24, 2.45) is 5.11 Å². The zero-order chi connectivity index (χ0) is 12.1. The topological polar surface area (TPSA) is 110 Å². The summed E-state index contributed by atoms with van der Waals surface area (Å²) in [4.78, 5) is 12.5. The lowest BCUT2D eigenvalue weighted by molar-refractivity contribution is -0.384. The van der Waals surface area contributed by atoms with Crippen molar-refractivity contribution >= 4 is 11.4 Å². The van der Waals surface area contributed by atoms with Crippen LogP contribution in [0.25, 0.3) is 10.4 Å². The van der Waals surface area contributed by atoms with Crippen molar-refractivity contribution < 1.29 is 14.4 Å². The average molecular weight is 224 g/mol. The molecular formula is C8H8N4O4. The molecule has 0 fully saturated rings. The van der Waals surface area contributed by atoms with Gasteiger partial charge in [-0.1, -0.05) is 5.11 Å². The second-order valence-corrected chi connectivity index (χ2v) is 2.64. The standard InChI is InChI=1S/C8H8N4O4/c1-15-7-3-5(10-11-9)6(12(13)14)4-8(7)16-2/h3-4H,1-2H3. The molecule has 0 atom stereocenters. The highest BCUT2D eigenvalue weighted by Crippen LogP contribution is 2.39. The van der Waals surface area contributed by atoms with Crippen molar-refractivity contribution in [3.05, 3.63) is 32.7 Å². The minimum atomic E-state index is -0.661. The number of rotatable bonds is 4. The van der Waals surface area contributed by atoms with E-state index in [0.717, 1.165) is 6.07 Å². The average Bonchev–Trinajstić information content (AvgIpc) is 2.28. The Balaban J connectivity index is 3.46. The molecule has 0 unspecified atom stereocenters. The zero-order valence-electron chi connectivity index (χ0n) is 8.58. The van der Waals surface area contributed by atoms with E-state index in [9.17, 15) is 10.1 Å². The summed E-state index contributed by atoms with van der Waals surface area (Å²) >= 11 is 0. The third kappa shape index (κ3) is 2.12. The number of benzene rings is 1. The molecule has 1 rings (SSSR count). The van der Waals surface area contributed by atoms with Gasteiger partial charge in [-0.15, -0.1) is 0 Å². The number of nitrogens with zero attached hydrogens (tertiary/aromatic N) is 4. The number of hydrogen-bond acceptors (Lipinski definition) is 5. The molecular weight excluding hydrogens is 216 g/mol. The third-order valence-corrected chi connectivity index (χ3v) is 1.83. The third-order valence-electron chi connectivity index (χ3n) is 1.83. The molecule has 0 heterocycles. The Morgan fingerprint density at radius 3 is 2.38 bits per heavy atom. The lowest BCUT2D eigenvalue weighted by atomic mass is 10.2. The van der Waals surface area contributed by atoms with Crippen LogP contribution in [0.5, 0.6) is 11.5 Å².